The second-order valence-corrected chi connectivity index (χ2v) is 5.97. The summed E-state index contributed by atoms with van der Waals surface area (Å²) in [5, 5.41) is 0. The molecule has 6 nitrogen and oxygen atoms in total. The van der Waals surface area contributed by atoms with Crippen LogP contribution in [0.5, 0.6) is 5.75 Å². The van der Waals surface area contributed by atoms with Crippen LogP contribution in [0.3, 0.4) is 0 Å². The number of amides is 3. The van der Waals surface area contributed by atoms with Crippen LogP contribution in [0, 0.1) is 0 Å². The summed E-state index contributed by atoms with van der Waals surface area (Å²) >= 11 is 0. The van der Waals surface area contributed by atoms with Crippen LogP contribution in [0.15, 0.2) is 24.3 Å². The molecule has 2 aliphatic rings. The molecular formula is C16H21N3O3. The lowest BCUT2D eigenvalue weighted by Crippen LogP contribution is -2.58. The summed E-state index contributed by atoms with van der Waals surface area (Å²) in [6, 6.07) is 7.36. The number of methoxy groups -OCH3 is 1. The van der Waals surface area contributed by atoms with E-state index in [1.54, 1.807) is 30.9 Å². The van der Waals surface area contributed by atoms with E-state index in [0.717, 1.165) is 11.3 Å². The predicted molar refractivity (Wildman–Crippen MR) is 81.5 cm³/mol. The molecule has 0 bridgehead atoms. The molecule has 2 fully saturated rings. The van der Waals surface area contributed by atoms with E-state index in [4.69, 9.17) is 4.74 Å². The maximum absolute atomic E-state index is 12.6. The Hall–Kier alpha value is -2.24. The first kappa shape index (κ1) is 14.7. The van der Waals surface area contributed by atoms with E-state index in [2.05, 4.69) is 0 Å². The number of carbonyl (C=O) groups is 2. The molecule has 6 heteroatoms. The molecular weight excluding hydrogens is 282 g/mol. The van der Waals surface area contributed by atoms with Gasteiger partial charge >= 0.3 is 6.03 Å². The molecule has 2 atom stereocenters. The number of benzene rings is 1. The van der Waals surface area contributed by atoms with E-state index in [-0.39, 0.29) is 24.0 Å². The number of urea groups is 1. The van der Waals surface area contributed by atoms with Crippen LogP contribution < -0.4 is 4.74 Å². The molecule has 118 valence electrons. The van der Waals surface area contributed by atoms with Crippen LogP contribution in [0.1, 0.15) is 12.5 Å². The topological polar surface area (TPSA) is 53.1 Å². The standard InChI is InChI=1S/C16H21N3O3/c1-11-15(20)17(2)9-13-10-18(16(21)19(11)13)8-12-5-4-6-14(7-12)22-3/h4-7,11,13H,8-10H2,1-3H3/t11-,13+/m0/s1. The van der Waals surface area contributed by atoms with Crippen LogP contribution in [-0.4, -0.2) is 66.0 Å². The summed E-state index contributed by atoms with van der Waals surface area (Å²) in [4.78, 5) is 29.9. The highest BCUT2D eigenvalue weighted by atomic mass is 16.5. The van der Waals surface area contributed by atoms with Crippen molar-refractivity contribution in [1.82, 2.24) is 14.7 Å². The molecule has 3 rings (SSSR count). The van der Waals surface area contributed by atoms with Gasteiger partial charge in [-0.3, -0.25) is 4.79 Å². The lowest BCUT2D eigenvalue weighted by molar-refractivity contribution is -0.139. The molecule has 0 aromatic heterocycles. The number of hydrogen-bond acceptors (Lipinski definition) is 3. The molecule has 0 aliphatic carbocycles. The quantitative estimate of drug-likeness (QED) is 0.842. The van der Waals surface area contributed by atoms with Gasteiger partial charge in [0.1, 0.15) is 11.8 Å². The van der Waals surface area contributed by atoms with Crippen molar-refractivity contribution < 1.29 is 14.3 Å². The normalized spacial score (nSPS) is 24.8. The minimum Gasteiger partial charge on any atom is -0.497 e. The van der Waals surface area contributed by atoms with Gasteiger partial charge in [0, 0.05) is 26.7 Å². The second-order valence-electron chi connectivity index (χ2n) is 5.97. The van der Waals surface area contributed by atoms with Gasteiger partial charge in [0.05, 0.1) is 13.2 Å². The van der Waals surface area contributed by atoms with E-state index in [9.17, 15) is 9.59 Å². The fourth-order valence-corrected chi connectivity index (χ4v) is 3.33. The first-order valence-electron chi connectivity index (χ1n) is 7.46. The number of likely N-dealkylation sites (N-methyl/N-ethyl adjacent to an activating group) is 1. The van der Waals surface area contributed by atoms with Gasteiger partial charge in [0.15, 0.2) is 0 Å². The van der Waals surface area contributed by atoms with Gasteiger partial charge in [-0.2, -0.15) is 0 Å². The van der Waals surface area contributed by atoms with Crippen LogP contribution in [0.2, 0.25) is 0 Å². The van der Waals surface area contributed by atoms with Gasteiger partial charge in [-0.15, -0.1) is 0 Å². The molecule has 2 heterocycles. The van der Waals surface area contributed by atoms with Crippen LogP contribution in [-0.2, 0) is 11.3 Å². The van der Waals surface area contributed by atoms with E-state index in [1.165, 1.54) is 0 Å². The van der Waals surface area contributed by atoms with E-state index >= 15 is 0 Å². The van der Waals surface area contributed by atoms with Crippen molar-refractivity contribution in [3.63, 3.8) is 0 Å². The largest absolute Gasteiger partial charge is 0.497 e. The van der Waals surface area contributed by atoms with Gasteiger partial charge in [-0.25, -0.2) is 4.79 Å². The minimum absolute atomic E-state index is 0.00725. The SMILES string of the molecule is COc1cccc(CN2C[C@H]3CN(C)C(=O)[C@H](C)N3C2=O)c1. The highest BCUT2D eigenvalue weighted by Crippen LogP contribution is 2.26. The van der Waals surface area contributed by atoms with Gasteiger partial charge in [-0.1, -0.05) is 12.1 Å². The number of piperazine rings is 1. The van der Waals surface area contributed by atoms with Crippen LogP contribution in [0.25, 0.3) is 0 Å². The molecule has 0 saturated carbocycles. The zero-order valence-electron chi connectivity index (χ0n) is 13.2. The molecule has 2 saturated heterocycles. The molecule has 0 spiro atoms. The third-order valence-corrected chi connectivity index (χ3v) is 4.46. The molecule has 3 amide bonds. The van der Waals surface area contributed by atoms with Crippen molar-refractivity contribution in [2.24, 2.45) is 0 Å². The van der Waals surface area contributed by atoms with E-state index in [1.807, 2.05) is 29.2 Å². The lowest BCUT2D eigenvalue weighted by atomic mass is 10.1. The number of carbonyl (C=O) groups excluding carboxylic acids is 2. The molecule has 1 aromatic carbocycles. The number of rotatable bonds is 3. The Bertz CT molecular complexity index is 604. The van der Waals surface area contributed by atoms with E-state index in [0.29, 0.717) is 19.6 Å². The first-order valence-corrected chi connectivity index (χ1v) is 7.46. The Balaban J connectivity index is 1.77. The third kappa shape index (κ3) is 2.38. The van der Waals surface area contributed by atoms with Crippen molar-refractivity contribution in [3.8, 4) is 5.75 Å². The molecule has 0 radical (unpaired) electrons. The Morgan fingerprint density at radius 3 is 2.77 bits per heavy atom. The fourth-order valence-electron chi connectivity index (χ4n) is 3.33. The molecule has 22 heavy (non-hydrogen) atoms. The van der Waals surface area contributed by atoms with E-state index < -0.39 is 0 Å². The highest BCUT2D eigenvalue weighted by molar-refractivity contribution is 5.89. The summed E-state index contributed by atoms with van der Waals surface area (Å²) in [5.74, 6) is 0.790. The Morgan fingerprint density at radius 1 is 1.27 bits per heavy atom. The number of ether oxygens (including phenoxy) is 1. The molecule has 0 unspecified atom stereocenters. The number of hydrogen-bond donors (Lipinski definition) is 0. The van der Waals surface area contributed by atoms with Crippen molar-refractivity contribution in [2.45, 2.75) is 25.6 Å². The number of fused-ring (bicyclic) bond motifs is 1. The molecule has 1 aromatic rings. The monoisotopic (exact) mass is 303 g/mol. The summed E-state index contributed by atoms with van der Waals surface area (Å²) in [6.45, 7) is 3.59. The van der Waals surface area contributed by atoms with Crippen LogP contribution in [0.4, 0.5) is 4.79 Å². The highest BCUT2D eigenvalue weighted by Gasteiger charge is 2.46. The minimum atomic E-state index is -0.383. The first-order chi connectivity index (χ1) is 10.5. The summed E-state index contributed by atoms with van der Waals surface area (Å²) in [5.41, 5.74) is 1.03. The molecule has 0 N–H and O–H groups in total. The fraction of sp³-hybridized carbons (Fsp3) is 0.500. The Morgan fingerprint density at radius 2 is 2.05 bits per heavy atom. The Labute approximate surface area is 130 Å². The summed E-state index contributed by atoms with van der Waals surface area (Å²) < 4.78 is 5.22. The van der Waals surface area contributed by atoms with Crippen molar-refractivity contribution in [1.29, 1.82) is 0 Å². The lowest BCUT2D eigenvalue weighted by Gasteiger charge is -2.38. The smallest absolute Gasteiger partial charge is 0.321 e. The predicted octanol–water partition coefficient (Wildman–Crippen LogP) is 1.16. The average molecular weight is 303 g/mol. The van der Waals surface area contributed by atoms with Crippen molar-refractivity contribution in [3.05, 3.63) is 29.8 Å². The zero-order valence-corrected chi connectivity index (χ0v) is 13.2. The van der Waals surface area contributed by atoms with Gasteiger partial charge in [-0.05, 0) is 24.6 Å². The van der Waals surface area contributed by atoms with Crippen LogP contribution >= 0.6 is 0 Å². The van der Waals surface area contributed by atoms with Gasteiger partial charge < -0.3 is 19.4 Å². The van der Waals surface area contributed by atoms with Crippen molar-refractivity contribution in [2.75, 3.05) is 27.2 Å². The Kier molecular flexibility index (Phi) is 3.68. The summed E-state index contributed by atoms with van der Waals surface area (Å²) in [7, 11) is 3.43. The van der Waals surface area contributed by atoms with Crippen molar-refractivity contribution >= 4 is 11.9 Å². The van der Waals surface area contributed by atoms with Gasteiger partial charge in [0.25, 0.3) is 0 Å². The van der Waals surface area contributed by atoms with Gasteiger partial charge in [0.2, 0.25) is 5.91 Å². The average Bonchev–Trinajstić information content (AvgIpc) is 2.81. The zero-order chi connectivity index (χ0) is 15.9. The molecule has 2 aliphatic heterocycles. The maximum Gasteiger partial charge on any atom is 0.321 e. The number of nitrogens with zero attached hydrogens (tertiary/aromatic N) is 3. The second kappa shape index (κ2) is 5.51. The maximum atomic E-state index is 12.6. The summed E-state index contributed by atoms with van der Waals surface area (Å²) in [6.07, 6.45) is 0. The third-order valence-electron chi connectivity index (χ3n) is 4.46.